The molecule has 1 nitrogen and oxygen atoms in total. The molecule has 0 atom stereocenters. The van der Waals surface area contributed by atoms with Crippen molar-refractivity contribution in [1.29, 1.82) is 0 Å². The van der Waals surface area contributed by atoms with E-state index in [0.29, 0.717) is 5.41 Å². The molecule has 14 heavy (non-hydrogen) atoms. The third-order valence-electron chi connectivity index (χ3n) is 4.04. The van der Waals surface area contributed by atoms with Crippen molar-refractivity contribution in [2.45, 2.75) is 59.3 Å². The van der Waals surface area contributed by atoms with Crippen molar-refractivity contribution in [2.24, 2.45) is 11.3 Å². The van der Waals surface area contributed by atoms with Crippen LogP contribution in [0, 0.1) is 11.3 Å². The Morgan fingerprint density at radius 1 is 1.14 bits per heavy atom. The van der Waals surface area contributed by atoms with Crippen LogP contribution in [0.3, 0.4) is 0 Å². The predicted octanol–water partition coefficient (Wildman–Crippen LogP) is 3.59. The zero-order valence-corrected chi connectivity index (χ0v) is 10.2. The van der Waals surface area contributed by atoms with Crippen LogP contribution in [-0.2, 0) is 0 Å². The van der Waals surface area contributed by atoms with E-state index in [4.69, 9.17) is 0 Å². The first-order chi connectivity index (χ1) is 6.76. The smallest absolute Gasteiger partial charge is 0.000779 e. The molecule has 1 rings (SSSR count). The summed E-state index contributed by atoms with van der Waals surface area (Å²) in [4.78, 5) is 0. The molecule has 0 spiro atoms. The zero-order valence-electron chi connectivity index (χ0n) is 10.2. The Labute approximate surface area is 89.7 Å². The van der Waals surface area contributed by atoms with E-state index >= 15 is 0 Å². The molecule has 0 heterocycles. The van der Waals surface area contributed by atoms with Gasteiger partial charge in [-0.05, 0) is 37.1 Å². The molecule has 0 unspecified atom stereocenters. The summed E-state index contributed by atoms with van der Waals surface area (Å²) >= 11 is 0. The number of hydrogen-bond donors (Lipinski definition) is 1. The van der Waals surface area contributed by atoms with E-state index in [2.05, 4.69) is 26.1 Å². The molecule has 84 valence electrons. The fourth-order valence-electron chi connectivity index (χ4n) is 2.71. The average Bonchev–Trinajstić information content (AvgIpc) is 2.16. The van der Waals surface area contributed by atoms with Crippen molar-refractivity contribution in [3.63, 3.8) is 0 Å². The first-order valence-corrected chi connectivity index (χ1v) is 6.47. The van der Waals surface area contributed by atoms with Gasteiger partial charge in [0.25, 0.3) is 0 Å². The number of nitrogens with one attached hydrogen (secondary N) is 1. The van der Waals surface area contributed by atoms with Crippen LogP contribution in [0.4, 0.5) is 0 Å². The normalized spacial score (nSPS) is 19.7. The molecule has 1 saturated carbocycles. The van der Waals surface area contributed by atoms with Gasteiger partial charge in [0.1, 0.15) is 0 Å². The second-order valence-corrected chi connectivity index (χ2v) is 5.02. The van der Waals surface area contributed by atoms with E-state index in [1.54, 1.807) is 0 Å². The summed E-state index contributed by atoms with van der Waals surface area (Å²) in [6.45, 7) is 9.29. The van der Waals surface area contributed by atoms with Gasteiger partial charge in [-0.25, -0.2) is 0 Å². The Balaban J connectivity index is 2.35. The van der Waals surface area contributed by atoms with Gasteiger partial charge in [-0.3, -0.25) is 0 Å². The van der Waals surface area contributed by atoms with Crippen molar-refractivity contribution in [2.75, 3.05) is 13.1 Å². The molecular formula is C13H27N. The van der Waals surface area contributed by atoms with Gasteiger partial charge in [0.05, 0.1) is 0 Å². The first-order valence-electron chi connectivity index (χ1n) is 6.47. The molecule has 1 aliphatic rings. The molecule has 0 aliphatic heterocycles. The van der Waals surface area contributed by atoms with Crippen LogP contribution in [-0.4, -0.2) is 13.1 Å². The predicted molar refractivity (Wildman–Crippen MR) is 63.5 cm³/mol. The lowest BCUT2D eigenvalue weighted by molar-refractivity contribution is 0.0894. The zero-order chi connectivity index (χ0) is 10.4. The summed E-state index contributed by atoms with van der Waals surface area (Å²) in [5, 5.41) is 3.54. The lowest BCUT2D eigenvalue weighted by atomic mass is 9.63. The Bertz CT molecular complexity index is 145. The molecule has 1 heteroatoms. The summed E-state index contributed by atoms with van der Waals surface area (Å²) in [5.74, 6) is 0.967. The van der Waals surface area contributed by atoms with Crippen LogP contribution in [0.5, 0.6) is 0 Å². The summed E-state index contributed by atoms with van der Waals surface area (Å²) in [6.07, 6.45) is 8.60. The summed E-state index contributed by atoms with van der Waals surface area (Å²) in [6, 6.07) is 0. The van der Waals surface area contributed by atoms with Crippen LogP contribution < -0.4 is 5.32 Å². The summed E-state index contributed by atoms with van der Waals surface area (Å²) in [5.41, 5.74) is 0.687. The highest BCUT2D eigenvalue weighted by atomic mass is 14.9. The lowest BCUT2D eigenvalue weighted by Crippen LogP contribution is -2.41. The standard InChI is InChI=1S/C13H27N/c1-4-12(5-2)10-13(8-7-9-13)11-14-6-3/h12,14H,4-11H2,1-3H3. The quantitative estimate of drug-likeness (QED) is 0.657. The molecule has 0 aromatic heterocycles. The molecule has 1 aliphatic carbocycles. The van der Waals surface area contributed by atoms with Gasteiger partial charge in [0.15, 0.2) is 0 Å². The van der Waals surface area contributed by atoms with Crippen molar-refractivity contribution >= 4 is 0 Å². The average molecular weight is 197 g/mol. The molecule has 0 saturated heterocycles. The number of rotatable bonds is 7. The third kappa shape index (κ3) is 2.98. The van der Waals surface area contributed by atoms with E-state index in [1.165, 1.54) is 45.1 Å². The van der Waals surface area contributed by atoms with Crippen LogP contribution in [0.25, 0.3) is 0 Å². The second-order valence-electron chi connectivity index (χ2n) is 5.02. The van der Waals surface area contributed by atoms with Crippen LogP contribution in [0.1, 0.15) is 59.3 Å². The van der Waals surface area contributed by atoms with Crippen molar-refractivity contribution in [3.05, 3.63) is 0 Å². The van der Waals surface area contributed by atoms with Gasteiger partial charge in [-0.1, -0.05) is 40.0 Å². The van der Waals surface area contributed by atoms with Crippen molar-refractivity contribution in [1.82, 2.24) is 5.32 Å². The maximum absolute atomic E-state index is 3.54. The molecule has 1 fully saturated rings. The van der Waals surface area contributed by atoms with Gasteiger partial charge >= 0.3 is 0 Å². The van der Waals surface area contributed by atoms with Crippen molar-refractivity contribution < 1.29 is 0 Å². The highest BCUT2D eigenvalue weighted by Crippen LogP contribution is 2.46. The van der Waals surface area contributed by atoms with E-state index in [1.807, 2.05) is 0 Å². The fourth-order valence-corrected chi connectivity index (χ4v) is 2.71. The Hall–Kier alpha value is -0.0400. The van der Waals surface area contributed by atoms with Crippen LogP contribution >= 0.6 is 0 Å². The maximum atomic E-state index is 3.54. The molecule has 0 amide bonds. The largest absolute Gasteiger partial charge is 0.316 e. The Morgan fingerprint density at radius 3 is 2.14 bits per heavy atom. The first kappa shape index (κ1) is 12.0. The van der Waals surface area contributed by atoms with Gasteiger partial charge in [0, 0.05) is 6.54 Å². The van der Waals surface area contributed by atoms with Gasteiger partial charge in [-0.2, -0.15) is 0 Å². The van der Waals surface area contributed by atoms with Gasteiger partial charge in [-0.15, -0.1) is 0 Å². The van der Waals surface area contributed by atoms with E-state index in [-0.39, 0.29) is 0 Å². The minimum Gasteiger partial charge on any atom is -0.316 e. The van der Waals surface area contributed by atoms with E-state index in [0.717, 1.165) is 12.5 Å². The highest BCUT2D eigenvalue weighted by molar-refractivity contribution is 4.90. The van der Waals surface area contributed by atoms with Crippen LogP contribution in [0.2, 0.25) is 0 Å². The molecule has 0 aromatic carbocycles. The molecular weight excluding hydrogens is 170 g/mol. The Kier molecular flexibility index (Phi) is 4.94. The molecule has 0 bridgehead atoms. The number of hydrogen-bond acceptors (Lipinski definition) is 1. The van der Waals surface area contributed by atoms with E-state index < -0.39 is 0 Å². The lowest BCUT2D eigenvalue weighted by Gasteiger charge is -2.44. The fraction of sp³-hybridized carbons (Fsp3) is 1.00. The highest BCUT2D eigenvalue weighted by Gasteiger charge is 2.37. The van der Waals surface area contributed by atoms with E-state index in [9.17, 15) is 0 Å². The minimum atomic E-state index is 0.687. The third-order valence-corrected chi connectivity index (χ3v) is 4.04. The summed E-state index contributed by atoms with van der Waals surface area (Å²) in [7, 11) is 0. The molecule has 0 aromatic rings. The minimum absolute atomic E-state index is 0.687. The molecule has 0 radical (unpaired) electrons. The molecule has 1 N–H and O–H groups in total. The van der Waals surface area contributed by atoms with Gasteiger partial charge < -0.3 is 5.32 Å². The second kappa shape index (κ2) is 5.75. The van der Waals surface area contributed by atoms with Crippen molar-refractivity contribution in [3.8, 4) is 0 Å². The topological polar surface area (TPSA) is 12.0 Å². The maximum Gasteiger partial charge on any atom is 0.000779 e. The van der Waals surface area contributed by atoms with Crippen LogP contribution in [0.15, 0.2) is 0 Å². The van der Waals surface area contributed by atoms with Gasteiger partial charge in [0.2, 0.25) is 0 Å². The SMILES string of the molecule is CCNCC1(CC(CC)CC)CCC1. The monoisotopic (exact) mass is 197 g/mol. The Morgan fingerprint density at radius 2 is 1.79 bits per heavy atom. The summed E-state index contributed by atoms with van der Waals surface area (Å²) < 4.78 is 0.